The Kier molecular flexibility index (Phi) is 5.80. The lowest BCUT2D eigenvalue weighted by Gasteiger charge is -2.24. The Bertz CT molecular complexity index is 736. The van der Waals surface area contributed by atoms with Gasteiger partial charge in [-0.15, -0.1) is 0 Å². The highest BCUT2D eigenvalue weighted by atomic mass is 16.2. The predicted molar refractivity (Wildman–Crippen MR) is 107 cm³/mol. The van der Waals surface area contributed by atoms with Gasteiger partial charge in [0.15, 0.2) is 0 Å². The van der Waals surface area contributed by atoms with Crippen molar-refractivity contribution in [2.24, 2.45) is 5.92 Å². The van der Waals surface area contributed by atoms with Crippen molar-refractivity contribution >= 4 is 11.6 Å². The molecule has 2 saturated heterocycles. The first-order chi connectivity index (χ1) is 13.3. The molecule has 27 heavy (non-hydrogen) atoms. The number of carbonyl (C=O) groups is 1. The number of amides is 1. The van der Waals surface area contributed by atoms with E-state index in [4.69, 9.17) is 0 Å². The minimum absolute atomic E-state index is 0.263. The maximum atomic E-state index is 12.4. The van der Waals surface area contributed by atoms with Crippen LogP contribution in [0.1, 0.15) is 18.4 Å². The monoisotopic (exact) mass is 364 g/mol. The van der Waals surface area contributed by atoms with Crippen LogP contribution in [0, 0.1) is 5.92 Å². The van der Waals surface area contributed by atoms with Gasteiger partial charge >= 0.3 is 0 Å². The topological polar surface area (TPSA) is 39.7 Å². The molecule has 2 aliphatic heterocycles. The molecule has 2 aliphatic rings. The number of hydrogen-bond acceptors (Lipinski definition) is 4. The van der Waals surface area contributed by atoms with Gasteiger partial charge in [-0.25, -0.2) is 0 Å². The first-order valence-corrected chi connectivity index (χ1v) is 9.97. The third kappa shape index (κ3) is 4.73. The van der Waals surface area contributed by atoms with Crippen molar-refractivity contribution in [3.63, 3.8) is 0 Å². The van der Waals surface area contributed by atoms with Crippen molar-refractivity contribution in [1.82, 2.24) is 14.8 Å². The summed E-state index contributed by atoms with van der Waals surface area (Å²) in [6.45, 7) is 7.26. The number of rotatable bonds is 5. The van der Waals surface area contributed by atoms with Crippen LogP contribution < -0.4 is 4.90 Å². The van der Waals surface area contributed by atoms with Crippen molar-refractivity contribution in [1.29, 1.82) is 0 Å². The van der Waals surface area contributed by atoms with Gasteiger partial charge in [-0.3, -0.25) is 14.7 Å². The van der Waals surface area contributed by atoms with Crippen LogP contribution in [0.25, 0.3) is 0 Å². The fourth-order valence-electron chi connectivity index (χ4n) is 4.24. The molecule has 142 valence electrons. The molecular formula is C22H28N4O. The Morgan fingerprint density at radius 1 is 0.963 bits per heavy atom. The third-order valence-electron chi connectivity index (χ3n) is 5.60. The van der Waals surface area contributed by atoms with Crippen LogP contribution in [0.5, 0.6) is 0 Å². The molecule has 5 nitrogen and oxygen atoms in total. The number of carbonyl (C=O) groups excluding carboxylic acids is 1. The molecule has 0 unspecified atom stereocenters. The molecule has 0 saturated carbocycles. The van der Waals surface area contributed by atoms with Crippen LogP contribution in [0.3, 0.4) is 0 Å². The third-order valence-corrected chi connectivity index (χ3v) is 5.60. The molecule has 2 fully saturated rings. The van der Waals surface area contributed by atoms with E-state index < -0.39 is 0 Å². The largest absolute Gasteiger partial charge is 0.312 e. The summed E-state index contributed by atoms with van der Waals surface area (Å²) in [5.74, 6) is 0.696. The van der Waals surface area contributed by atoms with Crippen LogP contribution in [0.4, 0.5) is 5.69 Å². The zero-order chi connectivity index (χ0) is 18.5. The molecule has 1 atom stereocenters. The van der Waals surface area contributed by atoms with E-state index in [1.807, 2.05) is 53.7 Å². The van der Waals surface area contributed by atoms with E-state index in [2.05, 4.69) is 20.9 Å². The molecule has 0 bridgehead atoms. The highest BCUT2D eigenvalue weighted by molar-refractivity contribution is 5.95. The molecule has 0 aliphatic carbocycles. The van der Waals surface area contributed by atoms with Gasteiger partial charge in [0.2, 0.25) is 5.91 Å². The van der Waals surface area contributed by atoms with E-state index >= 15 is 0 Å². The first-order valence-electron chi connectivity index (χ1n) is 9.97. The van der Waals surface area contributed by atoms with Crippen molar-refractivity contribution in [2.45, 2.75) is 19.4 Å². The van der Waals surface area contributed by atoms with Gasteiger partial charge in [0.1, 0.15) is 0 Å². The number of nitrogens with zero attached hydrogens (tertiary/aromatic N) is 4. The summed E-state index contributed by atoms with van der Waals surface area (Å²) >= 11 is 0. The van der Waals surface area contributed by atoms with Crippen LogP contribution in [0.15, 0.2) is 54.9 Å². The number of para-hydroxylation sites is 1. The molecule has 0 radical (unpaired) electrons. The van der Waals surface area contributed by atoms with E-state index in [9.17, 15) is 4.79 Å². The summed E-state index contributed by atoms with van der Waals surface area (Å²) in [4.78, 5) is 23.7. The zero-order valence-electron chi connectivity index (χ0n) is 15.8. The van der Waals surface area contributed by atoms with Gasteiger partial charge in [-0.1, -0.05) is 24.3 Å². The van der Waals surface area contributed by atoms with E-state index in [1.54, 1.807) is 0 Å². The summed E-state index contributed by atoms with van der Waals surface area (Å²) in [5, 5.41) is 0. The fraction of sp³-hybridized carbons (Fsp3) is 0.455. The lowest BCUT2D eigenvalue weighted by molar-refractivity contribution is -0.117. The lowest BCUT2D eigenvalue weighted by atomic mass is 10.1. The smallest absolute Gasteiger partial charge is 0.227 e. The Balaban J connectivity index is 1.28. The molecular weight excluding hydrogens is 336 g/mol. The summed E-state index contributed by atoms with van der Waals surface area (Å²) < 4.78 is 0. The normalized spacial score (nSPS) is 22.1. The highest BCUT2D eigenvalue weighted by Gasteiger charge is 2.31. The van der Waals surface area contributed by atoms with Gasteiger partial charge in [-0.2, -0.15) is 0 Å². The Hall–Kier alpha value is -2.24. The maximum absolute atomic E-state index is 12.4. The second-order valence-electron chi connectivity index (χ2n) is 7.70. The number of anilines is 1. The summed E-state index contributed by atoms with van der Waals surface area (Å²) in [7, 11) is 0. The first kappa shape index (κ1) is 18.1. The van der Waals surface area contributed by atoms with Crippen molar-refractivity contribution < 1.29 is 4.79 Å². The number of hydrogen-bond donors (Lipinski definition) is 0. The molecule has 0 N–H and O–H groups in total. The van der Waals surface area contributed by atoms with Crippen LogP contribution in [0.2, 0.25) is 0 Å². The second kappa shape index (κ2) is 8.63. The number of aromatic nitrogens is 1. The summed E-state index contributed by atoms with van der Waals surface area (Å²) in [6.07, 6.45) is 5.65. The van der Waals surface area contributed by atoms with E-state index in [0.29, 0.717) is 12.3 Å². The van der Waals surface area contributed by atoms with Gasteiger partial charge in [0.25, 0.3) is 0 Å². The van der Waals surface area contributed by atoms with Crippen LogP contribution in [-0.2, 0) is 11.3 Å². The molecule has 0 spiro atoms. The van der Waals surface area contributed by atoms with Gasteiger partial charge < -0.3 is 9.80 Å². The molecule has 4 rings (SSSR count). The van der Waals surface area contributed by atoms with Gasteiger partial charge in [0, 0.05) is 57.2 Å². The van der Waals surface area contributed by atoms with E-state index in [0.717, 1.165) is 51.5 Å². The average molecular weight is 364 g/mol. The average Bonchev–Trinajstić information content (AvgIpc) is 2.92. The summed E-state index contributed by atoms with van der Waals surface area (Å²) in [6, 6.07) is 14.2. The minimum atomic E-state index is 0.263. The zero-order valence-corrected chi connectivity index (χ0v) is 15.8. The SMILES string of the molecule is O=C1C[C@@H](CN2CCCN(Cc3cccnc3)CC2)CN1c1ccccc1. The molecule has 5 heteroatoms. The fourth-order valence-corrected chi connectivity index (χ4v) is 4.24. The Morgan fingerprint density at radius 3 is 2.59 bits per heavy atom. The molecule has 1 amide bonds. The molecule has 2 aromatic rings. The minimum Gasteiger partial charge on any atom is -0.312 e. The summed E-state index contributed by atoms with van der Waals surface area (Å²) in [5.41, 5.74) is 2.31. The van der Waals surface area contributed by atoms with Gasteiger partial charge in [-0.05, 0) is 49.2 Å². The maximum Gasteiger partial charge on any atom is 0.227 e. The van der Waals surface area contributed by atoms with Crippen molar-refractivity contribution in [3.8, 4) is 0 Å². The highest BCUT2D eigenvalue weighted by Crippen LogP contribution is 2.25. The molecule has 1 aromatic carbocycles. The lowest BCUT2D eigenvalue weighted by Crippen LogP contribution is -2.34. The number of pyridine rings is 1. The van der Waals surface area contributed by atoms with Crippen molar-refractivity contribution in [3.05, 3.63) is 60.4 Å². The van der Waals surface area contributed by atoms with E-state index in [-0.39, 0.29) is 5.91 Å². The van der Waals surface area contributed by atoms with Crippen LogP contribution >= 0.6 is 0 Å². The van der Waals surface area contributed by atoms with E-state index in [1.165, 1.54) is 12.0 Å². The molecule has 1 aromatic heterocycles. The molecule has 3 heterocycles. The standard InChI is InChI=1S/C22H28N4O/c27-22-14-20(18-26(22)21-7-2-1-3-8-21)17-25-11-5-10-24(12-13-25)16-19-6-4-9-23-15-19/h1-4,6-9,15,20H,5,10-14,16-18H2/t20-/m0/s1. The van der Waals surface area contributed by atoms with Crippen molar-refractivity contribution in [2.75, 3.05) is 44.2 Å². The Labute approximate surface area is 161 Å². The quantitative estimate of drug-likeness (QED) is 0.818. The second-order valence-corrected chi connectivity index (χ2v) is 7.70. The predicted octanol–water partition coefficient (Wildman–Crippen LogP) is 2.64. The van der Waals surface area contributed by atoms with Crippen LogP contribution in [-0.4, -0.2) is 60.0 Å². The number of benzene rings is 1. The Morgan fingerprint density at radius 2 is 1.78 bits per heavy atom. The van der Waals surface area contributed by atoms with Gasteiger partial charge in [0.05, 0.1) is 0 Å².